The van der Waals surface area contributed by atoms with Crippen molar-refractivity contribution >= 4 is 27.5 Å². The van der Waals surface area contributed by atoms with Crippen LogP contribution in [0.1, 0.15) is 40.2 Å². The van der Waals surface area contributed by atoms with Gasteiger partial charge in [0.05, 0.1) is 10.2 Å². The number of hydrogen-bond acceptors (Lipinski definition) is 5. The Morgan fingerprint density at radius 1 is 1.31 bits per heavy atom. The number of rotatable bonds is 4. The normalized spacial score (nSPS) is 15.3. The van der Waals surface area contributed by atoms with Crippen LogP contribution >= 0.6 is 11.3 Å². The molecule has 1 amide bonds. The van der Waals surface area contributed by atoms with Crippen molar-refractivity contribution in [2.24, 2.45) is 0 Å². The molecular formula is C20H21N3O2S. The van der Waals surface area contributed by atoms with E-state index in [-0.39, 0.29) is 11.9 Å². The molecular weight excluding hydrogens is 346 g/mol. The van der Waals surface area contributed by atoms with Gasteiger partial charge in [0.15, 0.2) is 0 Å². The summed E-state index contributed by atoms with van der Waals surface area (Å²) in [6.07, 6.45) is 4.35. The lowest BCUT2D eigenvalue weighted by molar-refractivity contribution is 0.0694. The number of nitrogens with one attached hydrogen (secondary N) is 1. The molecule has 0 radical (unpaired) electrons. The fourth-order valence-electron chi connectivity index (χ4n) is 3.20. The van der Waals surface area contributed by atoms with Crippen LogP contribution in [0, 0.1) is 6.92 Å². The van der Waals surface area contributed by atoms with Crippen molar-refractivity contribution in [3.8, 4) is 0 Å². The van der Waals surface area contributed by atoms with Crippen molar-refractivity contribution in [1.29, 1.82) is 0 Å². The van der Waals surface area contributed by atoms with Gasteiger partial charge in [0.25, 0.3) is 5.91 Å². The minimum atomic E-state index is -0.103. The van der Waals surface area contributed by atoms with Crippen LogP contribution in [-0.4, -0.2) is 35.1 Å². The van der Waals surface area contributed by atoms with E-state index in [0.717, 1.165) is 46.3 Å². The van der Waals surface area contributed by atoms with Gasteiger partial charge < -0.3 is 10.1 Å². The van der Waals surface area contributed by atoms with Crippen LogP contribution in [0.5, 0.6) is 0 Å². The molecule has 26 heavy (non-hydrogen) atoms. The van der Waals surface area contributed by atoms with E-state index in [1.807, 2.05) is 36.7 Å². The monoisotopic (exact) mass is 367 g/mol. The third-order valence-corrected chi connectivity index (χ3v) is 5.62. The van der Waals surface area contributed by atoms with Gasteiger partial charge in [-0.2, -0.15) is 0 Å². The first-order valence-corrected chi connectivity index (χ1v) is 9.74. The Morgan fingerprint density at radius 3 is 2.92 bits per heavy atom. The Labute approximate surface area is 156 Å². The lowest BCUT2D eigenvalue weighted by Gasteiger charge is -2.23. The van der Waals surface area contributed by atoms with Gasteiger partial charge in [0, 0.05) is 37.6 Å². The number of ether oxygens (including phenoxy) is 1. The second-order valence-electron chi connectivity index (χ2n) is 6.65. The smallest absolute Gasteiger partial charge is 0.270 e. The highest BCUT2D eigenvalue weighted by Crippen LogP contribution is 2.26. The summed E-state index contributed by atoms with van der Waals surface area (Å²) in [5.41, 5.74) is 4.61. The molecule has 0 bridgehead atoms. The van der Waals surface area contributed by atoms with Gasteiger partial charge in [-0.1, -0.05) is 6.07 Å². The molecule has 4 rings (SSSR count). The zero-order valence-electron chi connectivity index (χ0n) is 14.7. The molecule has 1 saturated heterocycles. The van der Waals surface area contributed by atoms with Crippen molar-refractivity contribution in [2.45, 2.75) is 32.2 Å². The number of carbonyl (C=O) groups is 1. The molecule has 6 heteroatoms. The quantitative estimate of drug-likeness (QED) is 0.767. The maximum absolute atomic E-state index is 12.7. The molecule has 1 aliphatic heterocycles. The Bertz CT molecular complexity index is 914. The molecule has 4 heterocycles. The standard InChI is InChI=1S/C20H21N3O2S/c1-13-2-3-14(12-21-13)10-15-11-18(23-17-6-9-26-19(15)17)20(24)22-16-4-7-25-8-5-16/h2-3,6,9,11-12,16H,4-5,7-8,10H2,1H3,(H,22,24). The summed E-state index contributed by atoms with van der Waals surface area (Å²) in [5.74, 6) is -0.103. The van der Waals surface area contributed by atoms with E-state index in [2.05, 4.69) is 21.4 Å². The zero-order chi connectivity index (χ0) is 17.9. The van der Waals surface area contributed by atoms with E-state index >= 15 is 0 Å². The lowest BCUT2D eigenvalue weighted by Crippen LogP contribution is -2.39. The molecule has 0 aromatic carbocycles. The molecule has 1 aliphatic rings. The average molecular weight is 367 g/mol. The van der Waals surface area contributed by atoms with Crippen LogP contribution in [0.3, 0.4) is 0 Å². The predicted octanol–water partition coefficient (Wildman–Crippen LogP) is 3.50. The number of carbonyl (C=O) groups excluding carboxylic acids is 1. The molecule has 0 atom stereocenters. The van der Waals surface area contributed by atoms with Gasteiger partial charge in [0.1, 0.15) is 5.69 Å². The fraction of sp³-hybridized carbons (Fsp3) is 0.350. The number of hydrogen-bond donors (Lipinski definition) is 1. The summed E-state index contributed by atoms with van der Waals surface area (Å²) in [6.45, 7) is 3.38. The van der Waals surface area contributed by atoms with E-state index in [1.54, 1.807) is 11.3 Å². The van der Waals surface area contributed by atoms with Crippen molar-refractivity contribution < 1.29 is 9.53 Å². The number of amides is 1. The Hall–Kier alpha value is -2.31. The van der Waals surface area contributed by atoms with Gasteiger partial charge in [-0.15, -0.1) is 11.3 Å². The van der Waals surface area contributed by atoms with Crippen molar-refractivity contribution in [3.05, 3.63) is 58.4 Å². The highest BCUT2D eigenvalue weighted by Gasteiger charge is 2.19. The summed E-state index contributed by atoms with van der Waals surface area (Å²) >= 11 is 1.66. The molecule has 3 aromatic heterocycles. The molecule has 134 valence electrons. The summed E-state index contributed by atoms with van der Waals surface area (Å²) in [5, 5.41) is 5.12. The molecule has 3 aromatic rings. The predicted molar refractivity (Wildman–Crippen MR) is 103 cm³/mol. The van der Waals surface area contributed by atoms with Crippen LogP contribution in [0.25, 0.3) is 10.2 Å². The zero-order valence-corrected chi connectivity index (χ0v) is 15.5. The summed E-state index contributed by atoms with van der Waals surface area (Å²) in [4.78, 5) is 21.6. The van der Waals surface area contributed by atoms with Gasteiger partial charge >= 0.3 is 0 Å². The Morgan fingerprint density at radius 2 is 2.15 bits per heavy atom. The molecule has 5 nitrogen and oxygen atoms in total. The van der Waals surface area contributed by atoms with Gasteiger partial charge in [-0.25, -0.2) is 4.98 Å². The fourth-order valence-corrected chi connectivity index (χ4v) is 4.05. The first kappa shape index (κ1) is 17.1. The number of fused-ring (bicyclic) bond motifs is 1. The lowest BCUT2D eigenvalue weighted by atomic mass is 10.0. The Balaban J connectivity index is 1.61. The second-order valence-corrected chi connectivity index (χ2v) is 7.56. The van der Waals surface area contributed by atoms with Crippen LogP contribution in [0.15, 0.2) is 35.8 Å². The second kappa shape index (κ2) is 7.51. The molecule has 0 aliphatic carbocycles. The largest absolute Gasteiger partial charge is 0.381 e. The van der Waals surface area contributed by atoms with Gasteiger partial charge in [0.2, 0.25) is 0 Å². The number of thiophene rings is 1. The maximum Gasteiger partial charge on any atom is 0.270 e. The van der Waals surface area contributed by atoms with E-state index in [0.29, 0.717) is 18.9 Å². The topological polar surface area (TPSA) is 64.1 Å². The first-order valence-electron chi connectivity index (χ1n) is 8.86. The highest BCUT2D eigenvalue weighted by atomic mass is 32.1. The van der Waals surface area contributed by atoms with Crippen LogP contribution in [0.2, 0.25) is 0 Å². The molecule has 0 saturated carbocycles. The van der Waals surface area contributed by atoms with Crippen molar-refractivity contribution in [2.75, 3.05) is 13.2 Å². The first-order chi connectivity index (χ1) is 12.7. The van der Waals surface area contributed by atoms with Crippen molar-refractivity contribution in [1.82, 2.24) is 15.3 Å². The van der Waals surface area contributed by atoms with Crippen molar-refractivity contribution in [3.63, 3.8) is 0 Å². The van der Waals surface area contributed by atoms with Gasteiger partial charge in [-0.3, -0.25) is 9.78 Å². The van der Waals surface area contributed by atoms with E-state index in [4.69, 9.17) is 4.74 Å². The number of nitrogens with zero attached hydrogens (tertiary/aromatic N) is 2. The highest BCUT2D eigenvalue weighted by molar-refractivity contribution is 7.17. The summed E-state index contributed by atoms with van der Waals surface area (Å²) < 4.78 is 6.49. The molecule has 0 spiro atoms. The van der Waals surface area contributed by atoms with E-state index < -0.39 is 0 Å². The minimum absolute atomic E-state index is 0.103. The maximum atomic E-state index is 12.7. The molecule has 0 unspecified atom stereocenters. The third kappa shape index (κ3) is 3.76. The van der Waals surface area contributed by atoms with Gasteiger partial charge in [-0.05, 0) is 54.5 Å². The number of aromatic nitrogens is 2. The molecule has 1 N–H and O–H groups in total. The SMILES string of the molecule is Cc1ccc(Cc2cc(C(=O)NC3CCOCC3)nc3ccsc23)cn1. The molecule has 1 fully saturated rings. The minimum Gasteiger partial charge on any atom is -0.381 e. The third-order valence-electron chi connectivity index (χ3n) is 4.64. The average Bonchev–Trinajstić information content (AvgIpc) is 3.13. The van der Waals surface area contributed by atoms with E-state index in [1.165, 1.54) is 0 Å². The number of aryl methyl sites for hydroxylation is 1. The van der Waals surface area contributed by atoms with Crippen LogP contribution in [-0.2, 0) is 11.2 Å². The van der Waals surface area contributed by atoms with E-state index in [9.17, 15) is 4.79 Å². The number of pyridine rings is 2. The summed E-state index contributed by atoms with van der Waals surface area (Å²) in [7, 11) is 0. The van der Waals surface area contributed by atoms with Crippen LogP contribution in [0.4, 0.5) is 0 Å². The summed E-state index contributed by atoms with van der Waals surface area (Å²) in [6, 6.07) is 8.17. The van der Waals surface area contributed by atoms with Crippen LogP contribution < -0.4 is 5.32 Å². The Kier molecular flexibility index (Phi) is 4.95.